The molecule has 0 radical (unpaired) electrons. The first-order valence-electron chi connectivity index (χ1n) is 5.82. The van der Waals surface area contributed by atoms with Crippen LogP contribution >= 0.6 is 0 Å². The Bertz CT molecular complexity index is 335. The Labute approximate surface area is 96.6 Å². The molecule has 0 saturated carbocycles. The summed E-state index contributed by atoms with van der Waals surface area (Å²) in [4.78, 5) is 6.85. The molecule has 4 nitrogen and oxygen atoms in total. The highest BCUT2D eigenvalue weighted by Crippen LogP contribution is 2.15. The summed E-state index contributed by atoms with van der Waals surface area (Å²) >= 11 is 0. The third kappa shape index (κ3) is 2.85. The molecule has 1 aliphatic rings. The van der Waals surface area contributed by atoms with Gasteiger partial charge in [0.05, 0.1) is 13.2 Å². The Kier molecular flexibility index (Phi) is 3.62. The number of ether oxygens (including phenoxy) is 1. The molecule has 0 aliphatic carbocycles. The number of pyridine rings is 1. The lowest BCUT2D eigenvalue weighted by atomic mass is 10.3. The largest absolute Gasteiger partial charge is 0.378 e. The van der Waals surface area contributed by atoms with Crippen molar-refractivity contribution in [2.75, 3.05) is 36.5 Å². The minimum absolute atomic E-state index is 0.410. The molecule has 0 atom stereocenters. The Balaban J connectivity index is 2.08. The lowest BCUT2D eigenvalue weighted by molar-refractivity contribution is 0.122. The molecule has 0 aromatic carbocycles. The molecule has 1 aliphatic heterocycles. The van der Waals surface area contributed by atoms with Crippen LogP contribution in [0, 0.1) is 0 Å². The molecule has 1 fully saturated rings. The Morgan fingerprint density at radius 1 is 1.31 bits per heavy atom. The summed E-state index contributed by atoms with van der Waals surface area (Å²) in [5.74, 6) is 1.98. The molecule has 0 bridgehead atoms. The number of hydrogen-bond donors (Lipinski definition) is 1. The SMILES string of the molecule is CC(C)Nc1cccc(N2CCOCC2)n1. The van der Waals surface area contributed by atoms with Gasteiger partial charge in [-0.15, -0.1) is 0 Å². The Morgan fingerprint density at radius 3 is 2.75 bits per heavy atom. The van der Waals surface area contributed by atoms with Gasteiger partial charge in [0.2, 0.25) is 0 Å². The van der Waals surface area contributed by atoms with E-state index in [-0.39, 0.29) is 0 Å². The summed E-state index contributed by atoms with van der Waals surface area (Å²) in [7, 11) is 0. The highest BCUT2D eigenvalue weighted by atomic mass is 16.5. The van der Waals surface area contributed by atoms with Crippen LogP contribution in [0.25, 0.3) is 0 Å². The summed E-state index contributed by atoms with van der Waals surface area (Å²) in [5.41, 5.74) is 0. The van der Waals surface area contributed by atoms with E-state index in [0.717, 1.165) is 37.9 Å². The molecule has 1 saturated heterocycles. The molecular formula is C12H19N3O. The van der Waals surface area contributed by atoms with E-state index in [9.17, 15) is 0 Å². The first-order valence-corrected chi connectivity index (χ1v) is 5.82. The van der Waals surface area contributed by atoms with Crippen molar-refractivity contribution in [1.29, 1.82) is 0 Å². The summed E-state index contributed by atoms with van der Waals surface area (Å²) in [6.45, 7) is 7.68. The van der Waals surface area contributed by atoms with Gasteiger partial charge in [0.15, 0.2) is 0 Å². The van der Waals surface area contributed by atoms with E-state index in [1.807, 2.05) is 12.1 Å². The minimum Gasteiger partial charge on any atom is -0.378 e. The average Bonchev–Trinajstić information content (AvgIpc) is 2.30. The van der Waals surface area contributed by atoms with Gasteiger partial charge in [-0.2, -0.15) is 0 Å². The van der Waals surface area contributed by atoms with E-state index in [2.05, 4.69) is 35.1 Å². The van der Waals surface area contributed by atoms with Crippen molar-refractivity contribution in [3.05, 3.63) is 18.2 Å². The molecule has 0 spiro atoms. The van der Waals surface area contributed by atoms with Gasteiger partial charge in [-0.1, -0.05) is 6.07 Å². The minimum atomic E-state index is 0.410. The number of morpholine rings is 1. The number of nitrogens with zero attached hydrogens (tertiary/aromatic N) is 2. The van der Waals surface area contributed by atoms with E-state index < -0.39 is 0 Å². The van der Waals surface area contributed by atoms with Gasteiger partial charge in [0.25, 0.3) is 0 Å². The zero-order valence-corrected chi connectivity index (χ0v) is 9.94. The van der Waals surface area contributed by atoms with Gasteiger partial charge in [-0.05, 0) is 26.0 Å². The van der Waals surface area contributed by atoms with Crippen LogP contribution in [0.15, 0.2) is 18.2 Å². The van der Waals surface area contributed by atoms with E-state index in [1.54, 1.807) is 0 Å². The van der Waals surface area contributed by atoms with Crippen molar-refractivity contribution >= 4 is 11.6 Å². The van der Waals surface area contributed by atoms with Gasteiger partial charge < -0.3 is 15.0 Å². The molecule has 4 heteroatoms. The topological polar surface area (TPSA) is 37.4 Å². The molecule has 2 rings (SSSR count). The molecule has 1 aromatic rings. The quantitative estimate of drug-likeness (QED) is 0.843. The maximum atomic E-state index is 5.33. The van der Waals surface area contributed by atoms with E-state index >= 15 is 0 Å². The predicted molar refractivity (Wildman–Crippen MR) is 66.0 cm³/mol. The summed E-state index contributed by atoms with van der Waals surface area (Å²) in [5, 5.41) is 3.32. The van der Waals surface area contributed by atoms with Gasteiger partial charge in [-0.25, -0.2) is 4.98 Å². The molecule has 0 amide bonds. The highest BCUT2D eigenvalue weighted by molar-refractivity contribution is 5.47. The summed E-state index contributed by atoms with van der Waals surface area (Å²) in [6, 6.07) is 6.51. The van der Waals surface area contributed by atoms with Gasteiger partial charge in [-0.3, -0.25) is 0 Å². The summed E-state index contributed by atoms with van der Waals surface area (Å²) < 4.78 is 5.33. The van der Waals surface area contributed by atoms with Crippen molar-refractivity contribution in [1.82, 2.24) is 4.98 Å². The van der Waals surface area contributed by atoms with Crippen molar-refractivity contribution in [2.24, 2.45) is 0 Å². The molecule has 16 heavy (non-hydrogen) atoms. The second-order valence-electron chi connectivity index (χ2n) is 4.28. The van der Waals surface area contributed by atoms with Crippen molar-refractivity contribution in [2.45, 2.75) is 19.9 Å². The van der Waals surface area contributed by atoms with E-state index in [0.29, 0.717) is 6.04 Å². The lowest BCUT2D eigenvalue weighted by Crippen LogP contribution is -2.36. The van der Waals surface area contributed by atoms with Crippen LogP contribution in [0.5, 0.6) is 0 Å². The third-order valence-electron chi connectivity index (χ3n) is 2.51. The average molecular weight is 221 g/mol. The fraction of sp³-hybridized carbons (Fsp3) is 0.583. The first kappa shape index (κ1) is 11.2. The fourth-order valence-corrected chi connectivity index (χ4v) is 1.77. The maximum Gasteiger partial charge on any atom is 0.131 e. The zero-order valence-electron chi connectivity index (χ0n) is 9.94. The monoisotopic (exact) mass is 221 g/mol. The standard InChI is InChI=1S/C12H19N3O/c1-10(2)13-11-4-3-5-12(14-11)15-6-8-16-9-7-15/h3-5,10H,6-9H2,1-2H3,(H,13,14). The van der Waals surface area contributed by atoms with Crippen LogP contribution in [0.1, 0.15) is 13.8 Å². The van der Waals surface area contributed by atoms with Crippen LogP contribution in [0.4, 0.5) is 11.6 Å². The lowest BCUT2D eigenvalue weighted by Gasteiger charge is -2.28. The smallest absolute Gasteiger partial charge is 0.131 e. The van der Waals surface area contributed by atoms with Crippen LogP contribution in [-0.2, 0) is 4.74 Å². The number of anilines is 2. The molecular weight excluding hydrogens is 202 g/mol. The van der Waals surface area contributed by atoms with Gasteiger partial charge in [0.1, 0.15) is 11.6 Å². The van der Waals surface area contributed by atoms with E-state index in [1.165, 1.54) is 0 Å². The Hall–Kier alpha value is -1.29. The highest BCUT2D eigenvalue weighted by Gasteiger charge is 2.12. The second kappa shape index (κ2) is 5.16. The van der Waals surface area contributed by atoms with Gasteiger partial charge >= 0.3 is 0 Å². The number of hydrogen-bond acceptors (Lipinski definition) is 4. The number of aromatic nitrogens is 1. The molecule has 2 heterocycles. The maximum absolute atomic E-state index is 5.33. The molecule has 0 unspecified atom stereocenters. The van der Waals surface area contributed by atoms with Crippen molar-refractivity contribution in [3.63, 3.8) is 0 Å². The molecule has 1 aromatic heterocycles. The van der Waals surface area contributed by atoms with Crippen LogP contribution in [0.2, 0.25) is 0 Å². The number of nitrogens with one attached hydrogen (secondary N) is 1. The third-order valence-corrected chi connectivity index (χ3v) is 2.51. The van der Waals surface area contributed by atoms with Crippen molar-refractivity contribution < 1.29 is 4.74 Å². The van der Waals surface area contributed by atoms with E-state index in [4.69, 9.17) is 4.74 Å². The van der Waals surface area contributed by atoms with Crippen molar-refractivity contribution in [3.8, 4) is 0 Å². The number of rotatable bonds is 3. The van der Waals surface area contributed by atoms with Crippen LogP contribution in [0.3, 0.4) is 0 Å². The normalized spacial score (nSPS) is 16.6. The zero-order chi connectivity index (χ0) is 11.4. The fourth-order valence-electron chi connectivity index (χ4n) is 1.77. The Morgan fingerprint density at radius 2 is 2.06 bits per heavy atom. The molecule has 88 valence electrons. The first-order chi connectivity index (χ1) is 7.75. The van der Waals surface area contributed by atoms with Gasteiger partial charge in [0, 0.05) is 19.1 Å². The second-order valence-corrected chi connectivity index (χ2v) is 4.28. The predicted octanol–water partition coefficient (Wildman–Crippen LogP) is 1.74. The molecule has 1 N–H and O–H groups in total. The van der Waals surface area contributed by atoms with Crippen LogP contribution in [-0.4, -0.2) is 37.3 Å². The summed E-state index contributed by atoms with van der Waals surface area (Å²) in [6.07, 6.45) is 0. The van der Waals surface area contributed by atoms with Crippen LogP contribution < -0.4 is 10.2 Å².